The molecule has 1 aliphatic heterocycles. The number of hydrogen-bond donors (Lipinski definition) is 2. The molecule has 226 valence electrons. The summed E-state index contributed by atoms with van der Waals surface area (Å²) in [6, 6.07) is 17.2. The van der Waals surface area contributed by atoms with E-state index < -0.39 is 12.0 Å². The van der Waals surface area contributed by atoms with Gasteiger partial charge in [0.25, 0.3) is 0 Å². The maximum absolute atomic E-state index is 13.5. The second-order valence-electron chi connectivity index (χ2n) is 10.7. The van der Waals surface area contributed by atoms with Crippen LogP contribution in [0.1, 0.15) is 55.2 Å². The van der Waals surface area contributed by atoms with Crippen LogP contribution in [0, 0.1) is 5.92 Å². The number of rotatable bonds is 18. The van der Waals surface area contributed by atoms with Gasteiger partial charge in [0.1, 0.15) is 6.61 Å². The number of unbranched alkanes of at least 4 members (excludes halogenated alkanes) is 2. The van der Waals surface area contributed by atoms with E-state index in [1.807, 2.05) is 60.7 Å². The Hall–Kier alpha value is -3.36. The molecule has 0 unspecified atom stereocenters. The molecule has 3 atom stereocenters. The Labute approximate surface area is 254 Å². The number of hydrogen-bond acceptors (Lipinski definition) is 6. The lowest BCUT2D eigenvalue weighted by Crippen LogP contribution is -2.48. The summed E-state index contributed by atoms with van der Waals surface area (Å²) >= 11 is 1.65. The molecule has 42 heavy (non-hydrogen) atoms. The number of amides is 2. The molecule has 7 nitrogen and oxygen atoms in total. The minimum Gasteiger partial charge on any atom is -0.463 e. The number of fused-ring (bicyclic) bond motifs is 1. The summed E-state index contributed by atoms with van der Waals surface area (Å²) in [6.45, 7) is 7.84. The van der Waals surface area contributed by atoms with Crippen LogP contribution in [0.5, 0.6) is 0 Å². The number of aliphatic hydroxyl groups excluding tert-OH is 1. The van der Waals surface area contributed by atoms with Crippen LogP contribution >= 0.6 is 11.8 Å². The van der Waals surface area contributed by atoms with E-state index in [0.717, 1.165) is 36.1 Å². The summed E-state index contributed by atoms with van der Waals surface area (Å²) in [5.41, 5.74) is 3.36. The van der Waals surface area contributed by atoms with Gasteiger partial charge in [-0.2, -0.15) is 11.8 Å². The molecule has 2 amide bonds. The predicted molar refractivity (Wildman–Crippen MR) is 169 cm³/mol. The Balaban J connectivity index is 1.62. The molecule has 0 fully saturated rings. The zero-order valence-corrected chi connectivity index (χ0v) is 25.2. The van der Waals surface area contributed by atoms with Crippen molar-refractivity contribution in [1.29, 1.82) is 0 Å². The summed E-state index contributed by atoms with van der Waals surface area (Å²) in [5, 5.41) is 13.1. The highest BCUT2D eigenvalue weighted by Gasteiger charge is 2.32. The summed E-state index contributed by atoms with van der Waals surface area (Å²) in [4.78, 5) is 41.0. The van der Waals surface area contributed by atoms with Gasteiger partial charge in [0.05, 0.1) is 24.6 Å². The van der Waals surface area contributed by atoms with Gasteiger partial charge in [-0.05, 0) is 48.8 Å². The van der Waals surface area contributed by atoms with Crippen LogP contribution in [0.4, 0.5) is 0 Å². The lowest BCUT2D eigenvalue weighted by atomic mass is 9.92. The van der Waals surface area contributed by atoms with Crippen molar-refractivity contribution in [2.24, 2.45) is 5.92 Å². The summed E-state index contributed by atoms with van der Waals surface area (Å²) in [6.07, 6.45) is 7.18. The molecule has 1 heterocycles. The number of nitrogens with one attached hydrogen (secondary N) is 1. The molecule has 0 bridgehead atoms. The summed E-state index contributed by atoms with van der Waals surface area (Å²) < 4.78 is 5.55. The molecule has 0 aromatic heterocycles. The average molecular weight is 593 g/mol. The molecule has 2 N–H and O–H groups in total. The molecule has 8 heteroatoms. The molecule has 0 radical (unpaired) electrons. The quantitative estimate of drug-likeness (QED) is 0.140. The number of carbonyl (C=O) groups is 3. The van der Waals surface area contributed by atoms with Crippen molar-refractivity contribution in [1.82, 2.24) is 10.2 Å². The third-order valence-corrected chi connectivity index (χ3v) is 8.57. The highest BCUT2D eigenvalue weighted by Crippen LogP contribution is 2.25. The monoisotopic (exact) mass is 592 g/mol. The maximum atomic E-state index is 13.5. The minimum atomic E-state index is -0.622. The fraction of sp³-hybridized carbons (Fsp3) is 0.441. The van der Waals surface area contributed by atoms with Crippen molar-refractivity contribution >= 4 is 29.5 Å². The Kier molecular flexibility index (Phi) is 14.4. The van der Waals surface area contributed by atoms with E-state index in [0.29, 0.717) is 31.6 Å². The van der Waals surface area contributed by atoms with Gasteiger partial charge >= 0.3 is 5.97 Å². The summed E-state index contributed by atoms with van der Waals surface area (Å²) in [5.74, 6) is -0.0438. The predicted octanol–water partition coefficient (Wildman–Crippen LogP) is 5.22. The van der Waals surface area contributed by atoms with Crippen LogP contribution in [0.25, 0.3) is 0 Å². The first kappa shape index (κ1) is 33.1. The largest absolute Gasteiger partial charge is 0.463 e. The number of esters is 1. The number of benzene rings is 2. The zero-order valence-electron chi connectivity index (χ0n) is 24.4. The molecule has 0 aliphatic carbocycles. The molecule has 1 aliphatic rings. The smallest absolute Gasteiger partial charge is 0.305 e. The number of thioether (sulfide) groups is 1. The lowest BCUT2D eigenvalue weighted by molar-refractivity contribution is -0.145. The lowest BCUT2D eigenvalue weighted by Gasteiger charge is -2.36. The number of aliphatic hydroxyl groups is 1. The topological polar surface area (TPSA) is 95.9 Å². The molecular formula is C34H44N2O5S. The third kappa shape index (κ3) is 10.8. The van der Waals surface area contributed by atoms with E-state index in [9.17, 15) is 19.5 Å². The van der Waals surface area contributed by atoms with Crippen LogP contribution in [0.2, 0.25) is 0 Å². The third-order valence-electron chi connectivity index (χ3n) is 7.39. The fourth-order valence-corrected chi connectivity index (χ4v) is 6.03. The van der Waals surface area contributed by atoms with Crippen LogP contribution < -0.4 is 5.32 Å². The van der Waals surface area contributed by atoms with Gasteiger partial charge < -0.3 is 20.1 Å². The van der Waals surface area contributed by atoms with E-state index in [1.165, 1.54) is 5.56 Å². The van der Waals surface area contributed by atoms with Gasteiger partial charge in [-0.1, -0.05) is 66.7 Å². The van der Waals surface area contributed by atoms with Gasteiger partial charge in [-0.25, -0.2) is 0 Å². The van der Waals surface area contributed by atoms with Gasteiger partial charge in [-0.15, -0.1) is 13.2 Å². The first-order valence-corrected chi connectivity index (χ1v) is 15.9. The zero-order chi connectivity index (χ0) is 30.2. The van der Waals surface area contributed by atoms with Gasteiger partial charge in [0.2, 0.25) is 11.8 Å². The number of allylic oxidation sites excluding steroid dienone is 2. The van der Waals surface area contributed by atoms with Crippen molar-refractivity contribution in [2.45, 2.75) is 69.3 Å². The number of carbonyl (C=O) groups excluding carboxylic acids is 3. The number of ether oxygens (including phenoxy) is 1. The normalized spacial score (nSPS) is 15.6. The van der Waals surface area contributed by atoms with Crippen molar-refractivity contribution < 1.29 is 24.2 Å². The van der Waals surface area contributed by atoms with Crippen LogP contribution in [0.3, 0.4) is 0 Å². The van der Waals surface area contributed by atoms with Crippen molar-refractivity contribution in [3.8, 4) is 0 Å². The van der Waals surface area contributed by atoms with Gasteiger partial charge in [0.15, 0.2) is 0 Å². The fourth-order valence-electron chi connectivity index (χ4n) is 5.02. The Bertz CT molecular complexity index is 1170. The molecule has 3 rings (SSSR count). The van der Waals surface area contributed by atoms with E-state index in [2.05, 4.69) is 18.5 Å². The number of nitrogens with zero attached hydrogens (tertiary/aromatic N) is 1. The maximum Gasteiger partial charge on any atom is 0.305 e. The first-order chi connectivity index (χ1) is 20.4. The van der Waals surface area contributed by atoms with Crippen molar-refractivity contribution in [3.05, 3.63) is 96.6 Å². The van der Waals surface area contributed by atoms with Gasteiger partial charge in [0, 0.05) is 30.9 Å². The standard InChI is InChI=1S/C34H44N2O5S/c1-3-5-6-10-18-33(39)41-23-30(25-42-24-26-14-8-7-9-15-26)35-34(40)28(13-4-2)20-32(38)36-21-29-17-12-11-16-27(29)19-31(36)22-37/h3-4,7-9,11-12,14-17,28,30-31,37H,1-2,5-6,10,13,18-25H2,(H,35,40)/t28-,30-,31+/m1/s1. The van der Waals surface area contributed by atoms with Gasteiger partial charge in [-0.3, -0.25) is 14.4 Å². The molecule has 0 spiro atoms. The molecule has 0 saturated carbocycles. The average Bonchev–Trinajstić information content (AvgIpc) is 3.01. The van der Waals surface area contributed by atoms with Crippen molar-refractivity contribution in [3.63, 3.8) is 0 Å². The summed E-state index contributed by atoms with van der Waals surface area (Å²) in [7, 11) is 0. The Morgan fingerprint density at radius 2 is 1.79 bits per heavy atom. The highest BCUT2D eigenvalue weighted by molar-refractivity contribution is 7.98. The van der Waals surface area contributed by atoms with Crippen LogP contribution in [-0.2, 0) is 37.8 Å². The van der Waals surface area contributed by atoms with Crippen molar-refractivity contribution in [2.75, 3.05) is 19.0 Å². The molecule has 2 aromatic rings. The van der Waals surface area contributed by atoms with Crippen LogP contribution in [-0.4, -0.2) is 58.8 Å². The minimum absolute atomic E-state index is 0.00346. The Morgan fingerprint density at radius 3 is 2.50 bits per heavy atom. The van der Waals surface area contributed by atoms with E-state index in [-0.39, 0.29) is 43.5 Å². The Morgan fingerprint density at radius 1 is 1.05 bits per heavy atom. The first-order valence-electron chi connectivity index (χ1n) is 14.7. The SMILES string of the molecule is C=CCCCCC(=O)OC[C@H](CSCc1ccccc1)NC(=O)[C@H](CC=C)CC(=O)N1Cc2ccccc2C[C@H]1CO. The molecule has 0 saturated heterocycles. The second-order valence-corrected chi connectivity index (χ2v) is 11.7. The highest BCUT2D eigenvalue weighted by atomic mass is 32.2. The van der Waals surface area contributed by atoms with Crippen LogP contribution in [0.15, 0.2) is 79.9 Å². The van der Waals surface area contributed by atoms with E-state index in [4.69, 9.17) is 4.74 Å². The molecular weight excluding hydrogens is 548 g/mol. The van der Waals surface area contributed by atoms with E-state index in [1.54, 1.807) is 22.7 Å². The van der Waals surface area contributed by atoms with E-state index >= 15 is 0 Å². The second kappa shape index (κ2) is 18.2. The molecule has 2 aromatic carbocycles.